The molecule has 2 N–H and O–H groups in total. The second kappa shape index (κ2) is 5.04. The molecule has 0 aliphatic carbocycles. The molecule has 3 heterocycles. The van der Waals surface area contributed by atoms with Crippen LogP contribution in [-0.2, 0) is 0 Å². The first-order valence-corrected chi connectivity index (χ1v) is 7.69. The predicted octanol–water partition coefficient (Wildman–Crippen LogP) is 0.827. The Hall–Kier alpha value is -2.42. The third-order valence-electron chi connectivity index (χ3n) is 4.47. The van der Waals surface area contributed by atoms with E-state index in [1.807, 2.05) is 6.92 Å². The maximum atomic E-state index is 12.4. The lowest BCUT2D eigenvalue weighted by atomic mass is 9.86. The number of fused-ring (bicyclic) bond motifs is 2. The van der Waals surface area contributed by atoms with E-state index in [9.17, 15) is 10.3 Å². The number of aromatic nitrogens is 2. The SMILES string of the molecule is CC1=CN(C2c3cc4nonc4cc3OC(C)(C)C2O)[NH+]([O-])C=C1. The first-order valence-electron chi connectivity index (χ1n) is 7.69. The molecular weight excluding hydrogens is 312 g/mol. The zero-order valence-corrected chi connectivity index (χ0v) is 13.6. The molecule has 0 radical (unpaired) electrons. The van der Waals surface area contributed by atoms with Gasteiger partial charge in [0.25, 0.3) is 0 Å². The highest BCUT2D eigenvalue weighted by Gasteiger charge is 2.47. The normalized spacial score (nSPS) is 28.5. The molecule has 1 aromatic carbocycles. The molecule has 0 amide bonds. The summed E-state index contributed by atoms with van der Waals surface area (Å²) in [5, 5.41) is 32.3. The Bertz CT molecular complexity index is 857. The third-order valence-corrected chi connectivity index (χ3v) is 4.47. The second-order valence-corrected chi connectivity index (χ2v) is 6.69. The number of aliphatic hydroxyl groups is 1. The van der Waals surface area contributed by atoms with Crippen molar-refractivity contribution in [2.45, 2.75) is 38.5 Å². The second-order valence-electron chi connectivity index (χ2n) is 6.69. The van der Waals surface area contributed by atoms with E-state index in [1.54, 1.807) is 43.3 Å². The summed E-state index contributed by atoms with van der Waals surface area (Å²) in [6.07, 6.45) is 4.08. The molecule has 2 aliphatic rings. The molecule has 0 spiro atoms. The summed E-state index contributed by atoms with van der Waals surface area (Å²) in [7, 11) is 0. The van der Waals surface area contributed by atoms with Gasteiger partial charge in [-0.3, -0.25) is 0 Å². The minimum Gasteiger partial charge on any atom is -0.603 e. The quantitative estimate of drug-likeness (QED) is 0.747. The van der Waals surface area contributed by atoms with Crippen molar-refractivity contribution in [2.24, 2.45) is 0 Å². The van der Waals surface area contributed by atoms with Crippen LogP contribution in [0.15, 0.2) is 40.8 Å². The van der Waals surface area contributed by atoms with Gasteiger partial charge in [-0.05, 0) is 48.8 Å². The monoisotopic (exact) mass is 330 g/mol. The third kappa shape index (κ3) is 2.19. The molecule has 0 saturated carbocycles. The molecule has 3 atom stereocenters. The minimum atomic E-state index is -0.915. The smallest absolute Gasteiger partial charge is 0.138 e. The number of benzene rings is 1. The van der Waals surface area contributed by atoms with Gasteiger partial charge < -0.3 is 15.1 Å². The van der Waals surface area contributed by atoms with E-state index in [-0.39, 0.29) is 5.17 Å². The van der Waals surface area contributed by atoms with Gasteiger partial charge in [-0.15, -0.1) is 0 Å². The summed E-state index contributed by atoms with van der Waals surface area (Å²) in [4.78, 5) is 0. The summed E-state index contributed by atoms with van der Waals surface area (Å²) in [5.41, 5.74) is 1.85. The van der Waals surface area contributed by atoms with Crippen LogP contribution in [0.25, 0.3) is 11.0 Å². The first kappa shape index (κ1) is 15.1. The van der Waals surface area contributed by atoms with Gasteiger partial charge in [0.1, 0.15) is 40.7 Å². The largest absolute Gasteiger partial charge is 0.603 e. The van der Waals surface area contributed by atoms with Gasteiger partial charge in [0.05, 0.1) is 6.20 Å². The fourth-order valence-electron chi connectivity index (χ4n) is 3.18. The summed E-state index contributed by atoms with van der Waals surface area (Å²) in [6.45, 7) is 5.48. The molecular formula is C16H18N4O4. The number of hydroxylamine groups is 1. The van der Waals surface area contributed by atoms with E-state index in [1.165, 1.54) is 6.20 Å². The molecule has 24 heavy (non-hydrogen) atoms. The molecule has 0 bridgehead atoms. The van der Waals surface area contributed by atoms with Gasteiger partial charge in [-0.25, -0.2) is 14.8 Å². The number of nitrogens with one attached hydrogen (secondary N) is 1. The molecule has 126 valence electrons. The van der Waals surface area contributed by atoms with Crippen LogP contribution in [0.5, 0.6) is 5.75 Å². The van der Waals surface area contributed by atoms with E-state index in [0.29, 0.717) is 22.3 Å². The van der Waals surface area contributed by atoms with Gasteiger partial charge in [-0.2, -0.15) is 0 Å². The number of ether oxygens (including phenoxy) is 1. The number of hydrogen-bond donors (Lipinski definition) is 2. The Morgan fingerprint density at radius 3 is 2.75 bits per heavy atom. The Balaban J connectivity index is 1.90. The zero-order chi connectivity index (χ0) is 17.1. The van der Waals surface area contributed by atoms with Crippen molar-refractivity contribution in [3.63, 3.8) is 0 Å². The van der Waals surface area contributed by atoms with Crippen LogP contribution in [0.1, 0.15) is 32.4 Å². The molecule has 3 unspecified atom stereocenters. The lowest BCUT2D eigenvalue weighted by Crippen LogP contribution is -3.09. The summed E-state index contributed by atoms with van der Waals surface area (Å²) in [6, 6.07) is 2.89. The molecule has 8 heteroatoms. The van der Waals surface area contributed by atoms with Gasteiger partial charge in [0.2, 0.25) is 0 Å². The van der Waals surface area contributed by atoms with Crippen molar-refractivity contribution in [3.8, 4) is 5.75 Å². The predicted molar refractivity (Wildman–Crippen MR) is 84.3 cm³/mol. The highest BCUT2D eigenvalue weighted by Crippen LogP contribution is 2.43. The maximum Gasteiger partial charge on any atom is 0.138 e. The van der Waals surface area contributed by atoms with Crippen molar-refractivity contribution < 1.29 is 19.6 Å². The van der Waals surface area contributed by atoms with Crippen LogP contribution in [0.3, 0.4) is 0 Å². The van der Waals surface area contributed by atoms with Crippen molar-refractivity contribution >= 4 is 11.0 Å². The van der Waals surface area contributed by atoms with E-state index < -0.39 is 17.7 Å². The molecule has 0 fully saturated rings. The number of rotatable bonds is 1. The van der Waals surface area contributed by atoms with E-state index in [4.69, 9.17) is 9.37 Å². The van der Waals surface area contributed by atoms with Crippen molar-refractivity contribution in [2.75, 3.05) is 0 Å². The van der Waals surface area contributed by atoms with Crippen LogP contribution in [-0.4, -0.2) is 32.1 Å². The van der Waals surface area contributed by atoms with Crippen LogP contribution in [0, 0.1) is 5.21 Å². The number of allylic oxidation sites excluding steroid dienone is 2. The zero-order valence-electron chi connectivity index (χ0n) is 13.6. The molecule has 4 rings (SSSR count). The first-order chi connectivity index (χ1) is 11.4. The Kier molecular flexibility index (Phi) is 3.17. The highest BCUT2D eigenvalue weighted by atomic mass is 16.6. The fourth-order valence-corrected chi connectivity index (χ4v) is 3.18. The lowest BCUT2D eigenvalue weighted by Gasteiger charge is -2.47. The summed E-state index contributed by atoms with van der Waals surface area (Å²) < 4.78 is 10.7. The van der Waals surface area contributed by atoms with Crippen molar-refractivity contribution in [3.05, 3.63) is 47.0 Å². The average Bonchev–Trinajstić information content (AvgIpc) is 2.96. The van der Waals surface area contributed by atoms with E-state index in [0.717, 1.165) is 5.57 Å². The van der Waals surface area contributed by atoms with Crippen molar-refractivity contribution in [1.29, 1.82) is 0 Å². The summed E-state index contributed by atoms with van der Waals surface area (Å²) >= 11 is 0. The fraction of sp³-hybridized carbons (Fsp3) is 0.375. The number of aliphatic hydroxyl groups excluding tert-OH is 1. The number of hydrogen-bond acceptors (Lipinski definition) is 7. The van der Waals surface area contributed by atoms with Crippen molar-refractivity contribution in [1.82, 2.24) is 15.3 Å². The van der Waals surface area contributed by atoms with Crippen LogP contribution >= 0.6 is 0 Å². The molecule has 1 aromatic heterocycles. The maximum absolute atomic E-state index is 12.4. The number of nitrogens with zero attached hydrogens (tertiary/aromatic N) is 3. The van der Waals surface area contributed by atoms with E-state index >= 15 is 0 Å². The van der Waals surface area contributed by atoms with Crippen LogP contribution < -0.4 is 9.91 Å². The van der Waals surface area contributed by atoms with Gasteiger partial charge >= 0.3 is 0 Å². The summed E-state index contributed by atoms with van der Waals surface area (Å²) in [5.74, 6) is 0.562. The van der Waals surface area contributed by atoms with Gasteiger partial charge in [0.15, 0.2) is 0 Å². The molecule has 0 saturated heterocycles. The van der Waals surface area contributed by atoms with Crippen LogP contribution in [0.4, 0.5) is 0 Å². The highest BCUT2D eigenvalue weighted by molar-refractivity contribution is 5.77. The Morgan fingerprint density at radius 2 is 2.00 bits per heavy atom. The lowest BCUT2D eigenvalue weighted by molar-refractivity contribution is -0.923. The van der Waals surface area contributed by atoms with Gasteiger partial charge in [0, 0.05) is 11.6 Å². The standard InChI is InChI=1S/C16H18N4O4/c1-9-4-5-20(22)19(8-9)14-10-6-11-12(18-24-17-11)7-13(10)23-16(2,3)15(14)21/h4-8,14-15,20-21H,1-3H3. The Morgan fingerprint density at radius 1 is 1.29 bits per heavy atom. The van der Waals surface area contributed by atoms with Gasteiger partial charge in [-0.1, -0.05) is 0 Å². The molecule has 8 nitrogen and oxygen atoms in total. The number of quaternary nitrogens is 1. The molecule has 2 aliphatic heterocycles. The Labute approximate surface area is 138 Å². The molecule has 2 aromatic rings. The van der Waals surface area contributed by atoms with E-state index in [2.05, 4.69) is 10.3 Å². The average molecular weight is 330 g/mol. The topological polar surface area (TPSA) is 99.1 Å². The van der Waals surface area contributed by atoms with Crippen LogP contribution in [0.2, 0.25) is 0 Å². The minimum absolute atomic E-state index is 0.188.